The highest BCUT2D eigenvalue weighted by Crippen LogP contribution is 2.34. The Morgan fingerprint density at radius 1 is 1.24 bits per heavy atom. The fourth-order valence-corrected chi connectivity index (χ4v) is 4.41. The molecule has 1 aliphatic carbocycles. The summed E-state index contributed by atoms with van der Waals surface area (Å²) in [7, 11) is -1.86. The molecule has 2 aromatic heterocycles. The molecular formula is C19H22ClN5O3S. The van der Waals surface area contributed by atoms with Gasteiger partial charge in [-0.2, -0.15) is 9.97 Å². The van der Waals surface area contributed by atoms with Gasteiger partial charge in [0.2, 0.25) is 5.95 Å². The number of halogens is 1. The van der Waals surface area contributed by atoms with E-state index in [4.69, 9.17) is 16.3 Å². The average molecular weight is 436 g/mol. The zero-order chi connectivity index (χ0) is 20.6. The van der Waals surface area contributed by atoms with Crippen molar-refractivity contribution in [1.82, 2.24) is 15.0 Å². The van der Waals surface area contributed by atoms with E-state index in [1.807, 2.05) is 0 Å². The lowest BCUT2D eigenvalue weighted by Crippen LogP contribution is -2.16. The third-order valence-electron chi connectivity index (χ3n) is 5.03. The second kappa shape index (κ2) is 7.72. The predicted molar refractivity (Wildman–Crippen MR) is 114 cm³/mol. The Hall–Kier alpha value is -2.52. The van der Waals surface area contributed by atoms with Crippen LogP contribution in [0.4, 0.5) is 17.5 Å². The first-order chi connectivity index (χ1) is 13.8. The molecule has 0 unspecified atom stereocenters. The molecule has 29 heavy (non-hydrogen) atoms. The van der Waals surface area contributed by atoms with Crippen molar-refractivity contribution < 1.29 is 13.2 Å². The van der Waals surface area contributed by atoms with Crippen molar-refractivity contribution in [2.45, 2.75) is 36.6 Å². The van der Waals surface area contributed by atoms with Gasteiger partial charge in [-0.3, -0.25) is 0 Å². The smallest absolute Gasteiger partial charge is 0.231 e. The lowest BCUT2D eigenvalue weighted by atomic mass is 10.2. The van der Waals surface area contributed by atoms with Gasteiger partial charge in [-0.05, 0) is 25.0 Å². The van der Waals surface area contributed by atoms with E-state index < -0.39 is 9.84 Å². The number of ether oxygens (including phenoxy) is 1. The Labute approximate surface area is 174 Å². The number of nitrogens with one attached hydrogen (secondary N) is 3. The Morgan fingerprint density at radius 3 is 2.69 bits per heavy atom. The molecule has 0 aliphatic heterocycles. The molecule has 0 spiro atoms. The number of anilines is 3. The summed E-state index contributed by atoms with van der Waals surface area (Å²) in [5.41, 5.74) is 1.17. The summed E-state index contributed by atoms with van der Waals surface area (Å²) in [6.45, 7) is 0. The van der Waals surface area contributed by atoms with E-state index in [1.165, 1.54) is 32.1 Å². The summed E-state index contributed by atoms with van der Waals surface area (Å²) in [4.78, 5) is 12.4. The van der Waals surface area contributed by atoms with Crippen LogP contribution in [0.5, 0.6) is 5.75 Å². The molecule has 1 aromatic carbocycles. The monoisotopic (exact) mass is 435 g/mol. The number of nitrogens with zero attached hydrogens (tertiary/aromatic N) is 2. The van der Waals surface area contributed by atoms with Crippen molar-refractivity contribution in [3.63, 3.8) is 0 Å². The Balaban J connectivity index is 1.71. The molecular weight excluding hydrogens is 414 g/mol. The maximum atomic E-state index is 11.8. The van der Waals surface area contributed by atoms with Crippen molar-refractivity contribution in [3.05, 3.63) is 29.4 Å². The second-order valence-electron chi connectivity index (χ2n) is 7.14. The lowest BCUT2D eigenvalue weighted by Gasteiger charge is -2.16. The average Bonchev–Trinajstić information content (AvgIpc) is 3.31. The first-order valence-corrected chi connectivity index (χ1v) is 11.6. The van der Waals surface area contributed by atoms with E-state index in [0.29, 0.717) is 39.9 Å². The highest BCUT2D eigenvalue weighted by molar-refractivity contribution is 7.90. The molecule has 1 aliphatic rings. The van der Waals surface area contributed by atoms with E-state index in [-0.39, 0.29) is 4.90 Å². The zero-order valence-electron chi connectivity index (χ0n) is 16.1. The van der Waals surface area contributed by atoms with Crippen LogP contribution in [0, 0.1) is 0 Å². The van der Waals surface area contributed by atoms with Crippen molar-refractivity contribution in [1.29, 1.82) is 0 Å². The third-order valence-corrected chi connectivity index (χ3v) is 6.44. The van der Waals surface area contributed by atoms with Crippen LogP contribution in [0.15, 0.2) is 29.3 Å². The summed E-state index contributed by atoms with van der Waals surface area (Å²) >= 11 is 6.33. The molecule has 3 N–H and O–H groups in total. The van der Waals surface area contributed by atoms with Crippen LogP contribution in [0.25, 0.3) is 11.0 Å². The van der Waals surface area contributed by atoms with E-state index >= 15 is 0 Å². The number of aromatic amines is 1. The number of sulfone groups is 1. The minimum absolute atomic E-state index is 0.177. The van der Waals surface area contributed by atoms with Crippen LogP contribution < -0.4 is 15.4 Å². The summed E-state index contributed by atoms with van der Waals surface area (Å²) < 4.78 is 29.0. The van der Waals surface area contributed by atoms with Crippen LogP contribution in [-0.4, -0.2) is 42.8 Å². The number of methoxy groups -OCH3 is 1. The Bertz CT molecular complexity index is 1160. The zero-order valence-corrected chi connectivity index (χ0v) is 17.7. The molecule has 0 saturated heterocycles. The predicted octanol–water partition coefficient (Wildman–Crippen LogP) is 4.12. The van der Waals surface area contributed by atoms with Crippen LogP contribution in [-0.2, 0) is 9.84 Å². The second-order valence-corrected chi connectivity index (χ2v) is 9.56. The summed E-state index contributed by atoms with van der Waals surface area (Å²) in [6.07, 6.45) is 7.42. The molecule has 154 valence electrons. The van der Waals surface area contributed by atoms with Gasteiger partial charge in [-0.25, -0.2) is 8.42 Å². The molecule has 0 bridgehead atoms. The minimum atomic E-state index is -3.34. The lowest BCUT2D eigenvalue weighted by molar-refractivity contribution is 0.415. The SMILES string of the molecule is COc1cc(S(C)(=O)=O)ccc1Nc1nc(NC2CCCC2)c2c(Cl)c[nH]c2n1. The van der Waals surface area contributed by atoms with Crippen molar-refractivity contribution in [3.8, 4) is 5.75 Å². The highest BCUT2D eigenvalue weighted by atomic mass is 35.5. The van der Waals surface area contributed by atoms with Crippen molar-refractivity contribution in [2.24, 2.45) is 0 Å². The molecule has 0 atom stereocenters. The normalized spacial score (nSPS) is 15.0. The molecule has 2 heterocycles. The van der Waals surface area contributed by atoms with Gasteiger partial charge < -0.3 is 20.4 Å². The van der Waals surface area contributed by atoms with Crippen LogP contribution in [0.2, 0.25) is 5.02 Å². The van der Waals surface area contributed by atoms with Crippen LogP contribution in [0.3, 0.4) is 0 Å². The summed E-state index contributed by atoms with van der Waals surface area (Å²) in [5, 5.41) is 7.92. The number of rotatable bonds is 6. The molecule has 0 radical (unpaired) electrons. The molecule has 10 heteroatoms. The molecule has 8 nitrogen and oxygen atoms in total. The van der Waals surface area contributed by atoms with Crippen molar-refractivity contribution in [2.75, 3.05) is 24.0 Å². The fraction of sp³-hybridized carbons (Fsp3) is 0.368. The Kier molecular flexibility index (Phi) is 5.26. The van der Waals surface area contributed by atoms with Gasteiger partial charge >= 0.3 is 0 Å². The third kappa shape index (κ3) is 4.11. The first kappa shape index (κ1) is 19.8. The van der Waals surface area contributed by atoms with Crippen molar-refractivity contribution >= 4 is 49.9 Å². The van der Waals surface area contributed by atoms with Crippen LogP contribution >= 0.6 is 11.6 Å². The summed E-state index contributed by atoms with van der Waals surface area (Å²) in [6, 6.07) is 4.98. The van der Waals surface area contributed by atoms with E-state index in [0.717, 1.165) is 24.5 Å². The maximum absolute atomic E-state index is 11.8. The van der Waals surface area contributed by atoms with Crippen LogP contribution in [0.1, 0.15) is 25.7 Å². The largest absolute Gasteiger partial charge is 0.495 e. The number of hydrogen-bond donors (Lipinski definition) is 3. The fourth-order valence-electron chi connectivity index (χ4n) is 3.55. The molecule has 3 aromatic rings. The highest BCUT2D eigenvalue weighted by Gasteiger charge is 2.20. The van der Waals surface area contributed by atoms with Gasteiger partial charge in [0, 0.05) is 24.6 Å². The number of H-pyrrole nitrogens is 1. The van der Waals surface area contributed by atoms with Gasteiger partial charge in [0.05, 0.1) is 28.1 Å². The van der Waals surface area contributed by atoms with E-state index in [9.17, 15) is 8.42 Å². The number of benzene rings is 1. The number of aromatic nitrogens is 3. The van der Waals surface area contributed by atoms with Gasteiger partial charge in [0.1, 0.15) is 17.2 Å². The molecule has 1 saturated carbocycles. The molecule has 4 rings (SSSR count). The number of hydrogen-bond acceptors (Lipinski definition) is 7. The quantitative estimate of drug-likeness (QED) is 0.534. The molecule has 0 amide bonds. The van der Waals surface area contributed by atoms with E-state index in [1.54, 1.807) is 12.3 Å². The van der Waals surface area contributed by atoms with Gasteiger partial charge in [0.15, 0.2) is 9.84 Å². The summed E-state index contributed by atoms with van der Waals surface area (Å²) in [5.74, 6) is 1.40. The van der Waals surface area contributed by atoms with Gasteiger partial charge in [-0.1, -0.05) is 24.4 Å². The number of fused-ring (bicyclic) bond motifs is 1. The maximum Gasteiger partial charge on any atom is 0.231 e. The topological polar surface area (TPSA) is 109 Å². The Morgan fingerprint density at radius 2 is 2.00 bits per heavy atom. The molecule has 1 fully saturated rings. The van der Waals surface area contributed by atoms with Gasteiger partial charge in [-0.15, -0.1) is 0 Å². The first-order valence-electron chi connectivity index (χ1n) is 9.31. The van der Waals surface area contributed by atoms with E-state index in [2.05, 4.69) is 25.6 Å². The van der Waals surface area contributed by atoms with Gasteiger partial charge in [0.25, 0.3) is 0 Å². The minimum Gasteiger partial charge on any atom is -0.495 e. The standard InChI is InChI=1S/C19H22ClN5O3S/c1-28-15-9-12(29(2,26)27)7-8-14(15)23-19-24-17-16(13(20)10-21-17)18(25-19)22-11-5-3-4-6-11/h7-11H,3-6H2,1-2H3,(H3,21,22,23,24,25).